The molecule has 3 N–H and O–H groups in total. The molecule has 15 nitrogen and oxygen atoms in total. The summed E-state index contributed by atoms with van der Waals surface area (Å²) >= 11 is 0. The molecule has 2 saturated carbocycles. The number of hydrogen-bond acceptors (Lipinski definition) is 13. The van der Waals surface area contributed by atoms with Crippen molar-refractivity contribution in [2.45, 2.75) is 128 Å². The fourth-order valence-corrected chi connectivity index (χ4v) is 8.08. The minimum absolute atomic E-state index is 0.0254. The van der Waals surface area contributed by atoms with Crippen LogP contribution >= 0.6 is 0 Å². The SMILES string of the molecule is CC(C)(C)OC(=O)CC[C@@H](CO)NC(=O)c1cccc(CNC(=O)C2=C[C@H]3OC(C4CC4)(C4CC4)O[C@H]3[C@H](OC(=O)c3cccc(C=CC(=O)O[C@H]4C(=O)OCC4(C)C)c3)C2)c1. The number of benzene rings is 2. The monoisotopic (exact) mass is 856 g/mol. The first-order valence-electron chi connectivity index (χ1n) is 21.4. The molecule has 7 rings (SSSR count). The first-order chi connectivity index (χ1) is 29.4. The van der Waals surface area contributed by atoms with E-state index >= 15 is 0 Å². The molecule has 5 atom stereocenters. The van der Waals surface area contributed by atoms with Crippen LogP contribution in [0.1, 0.15) is 111 Å². The second-order valence-electron chi connectivity index (χ2n) is 18.5. The third-order valence-corrected chi connectivity index (χ3v) is 11.6. The van der Waals surface area contributed by atoms with Crippen LogP contribution in [0.4, 0.5) is 0 Å². The van der Waals surface area contributed by atoms with E-state index in [9.17, 15) is 33.9 Å². The summed E-state index contributed by atoms with van der Waals surface area (Å²) in [5.74, 6) is -3.58. The van der Waals surface area contributed by atoms with Gasteiger partial charge in [0, 0.05) is 53.8 Å². The van der Waals surface area contributed by atoms with Crippen LogP contribution in [0, 0.1) is 17.3 Å². The molecule has 4 fully saturated rings. The molecule has 0 spiro atoms. The number of nitrogens with one attached hydrogen (secondary N) is 2. The van der Waals surface area contributed by atoms with E-state index in [0.717, 1.165) is 25.7 Å². The van der Waals surface area contributed by atoms with Crippen molar-refractivity contribution in [1.82, 2.24) is 10.6 Å². The molecule has 2 aromatic rings. The van der Waals surface area contributed by atoms with Crippen LogP contribution in [-0.4, -0.2) is 95.9 Å². The molecule has 2 aliphatic heterocycles. The van der Waals surface area contributed by atoms with Crippen molar-refractivity contribution in [3.63, 3.8) is 0 Å². The number of hydrogen-bond donors (Lipinski definition) is 3. The summed E-state index contributed by atoms with van der Waals surface area (Å²) in [5, 5.41) is 15.6. The Labute approximate surface area is 360 Å². The van der Waals surface area contributed by atoms with E-state index in [1.807, 2.05) is 0 Å². The van der Waals surface area contributed by atoms with Gasteiger partial charge in [0.15, 0.2) is 5.79 Å². The van der Waals surface area contributed by atoms with Gasteiger partial charge in [-0.25, -0.2) is 14.4 Å². The molecule has 2 aromatic carbocycles. The number of esters is 4. The average molecular weight is 857 g/mol. The van der Waals surface area contributed by atoms with Crippen molar-refractivity contribution in [3.8, 4) is 0 Å². The van der Waals surface area contributed by atoms with Crippen LogP contribution in [0.15, 0.2) is 66.3 Å². The molecule has 0 bridgehead atoms. The molecular formula is C47H56N2O13. The standard InChI is InChI=1S/C47H56N2O13/c1-45(2,3)61-38(52)19-17-34(25-50)49-42(54)29-10-7-9-28(21-29)24-48-41(53)31-22-35(39-36(23-31)60-47(62-39,32-13-14-32)33-15-16-33)58-43(55)30-11-6-8-27(20-30)12-18-37(51)59-40-44(56)57-26-46(40,4)5/h6-12,18,20-21,23,32-36,39-40,50H,13-17,19,22,24-26H2,1-5H3,(H,48,53)(H,49,54)/t34-,35+,36+,39-,40-/m0/s1. The Balaban J connectivity index is 0.995. The van der Waals surface area contributed by atoms with Crippen molar-refractivity contribution >= 4 is 41.8 Å². The Morgan fingerprint density at radius 2 is 1.65 bits per heavy atom. The van der Waals surface area contributed by atoms with E-state index in [2.05, 4.69) is 10.6 Å². The van der Waals surface area contributed by atoms with Gasteiger partial charge in [-0.15, -0.1) is 0 Å². The fraction of sp³-hybridized carbons (Fsp3) is 0.532. The minimum Gasteiger partial charge on any atom is -0.462 e. The Hall–Kier alpha value is -5.38. The molecule has 5 aliphatic rings. The van der Waals surface area contributed by atoms with Gasteiger partial charge in [0.1, 0.15) is 30.5 Å². The van der Waals surface area contributed by atoms with Gasteiger partial charge in [-0.05, 0) is 100 Å². The number of aliphatic hydroxyl groups excluding tert-OH is 1. The first kappa shape index (κ1) is 44.7. The van der Waals surface area contributed by atoms with E-state index in [4.69, 9.17) is 28.4 Å². The van der Waals surface area contributed by atoms with Crippen LogP contribution in [-0.2, 0) is 54.1 Å². The maximum Gasteiger partial charge on any atom is 0.348 e. The van der Waals surface area contributed by atoms with E-state index in [1.54, 1.807) is 89.2 Å². The molecule has 2 heterocycles. The molecule has 3 aliphatic carbocycles. The zero-order valence-electron chi connectivity index (χ0n) is 35.8. The Kier molecular flexibility index (Phi) is 13.1. The van der Waals surface area contributed by atoms with E-state index in [1.165, 1.54) is 12.2 Å². The molecule has 62 heavy (non-hydrogen) atoms. The van der Waals surface area contributed by atoms with E-state index < -0.39 is 83.0 Å². The number of carbonyl (C=O) groups excluding carboxylic acids is 6. The predicted octanol–water partition coefficient (Wildman–Crippen LogP) is 4.88. The third kappa shape index (κ3) is 10.8. The lowest BCUT2D eigenvalue weighted by molar-refractivity contribution is -0.209. The summed E-state index contributed by atoms with van der Waals surface area (Å²) in [6, 6.07) is 12.6. The minimum atomic E-state index is -1.03. The normalized spacial score (nSPS) is 24.3. The highest BCUT2D eigenvalue weighted by Crippen LogP contribution is 2.59. The van der Waals surface area contributed by atoms with Gasteiger partial charge < -0.3 is 44.2 Å². The molecule has 15 heteroatoms. The zero-order valence-corrected chi connectivity index (χ0v) is 35.8. The second kappa shape index (κ2) is 18.1. The van der Waals surface area contributed by atoms with Crippen molar-refractivity contribution < 1.29 is 62.3 Å². The van der Waals surface area contributed by atoms with Gasteiger partial charge in [-0.3, -0.25) is 14.4 Å². The smallest absolute Gasteiger partial charge is 0.348 e. The number of aliphatic hydroxyl groups is 1. The number of fused-ring (bicyclic) bond motifs is 1. The number of carbonyl (C=O) groups is 6. The lowest BCUT2D eigenvalue weighted by atomic mass is 9.90. The van der Waals surface area contributed by atoms with Gasteiger partial charge >= 0.3 is 23.9 Å². The van der Waals surface area contributed by atoms with E-state index in [0.29, 0.717) is 22.3 Å². The van der Waals surface area contributed by atoms with Crippen LogP contribution in [0.5, 0.6) is 0 Å². The summed E-state index contributed by atoms with van der Waals surface area (Å²) in [5.41, 5.74) is 0.748. The quantitative estimate of drug-likeness (QED) is 0.117. The number of rotatable bonds is 16. The van der Waals surface area contributed by atoms with Crippen molar-refractivity contribution in [2.24, 2.45) is 17.3 Å². The van der Waals surface area contributed by atoms with Gasteiger partial charge in [-0.1, -0.05) is 38.1 Å². The Bertz CT molecular complexity index is 2120. The lowest BCUT2D eigenvalue weighted by Crippen LogP contribution is -2.44. The van der Waals surface area contributed by atoms with Gasteiger partial charge in [0.05, 0.1) is 18.2 Å². The van der Waals surface area contributed by atoms with Crippen LogP contribution in [0.25, 0.3) is 6.08 Å². The summed E-state index contributed by atoms with van der Waals surface area (Å²) in [6.07, 6.45) is 5.44. The molecule has 0 unspecified atom stereocenters. The van der Waals surface area contributed by atoms with Gasteiger partial charge in [-0.2, -0.15) is 0 Å². The molecule has 0 aromatic heterocycles. The third-order valence-electron chi connectivity index (χ3n) is 11.6. The van der Waals surface area contributed by atoms with Crippen LogP contribution < -0.4 is 10.6 Å². The molecule has 0 radical (unpaired) electrons. The Morgan fingerprint density at radius 1 is 0.935 bits per heavy atom. The highest BCUT2D eigenvalue weighted by Gasteiger charge is 2.64. The van der Waals surface area contributed by atoms with E-state index in [-0.39, 0.29) is 56.4 Å². The summed E-state index contributed by atoms with van der Waals surface area (Å²) in [7, 11) is 0. The zero-order chi connectivity index (χ0) is 44.4. The number of cyclic esters (lactones) is 1. The van der Waals surface area contributed by atoms with Crippen LogP contribution in [0.2, 0.25) is 0 Å². The number of amides is 2. The molecule has 2 amide bonds. The summed E-state index contributed by atoms with van der Waals surface area (Å²) in [4.78, 5) is 77.6. The van der Waals surface area contributed by atoms with Crippen molar-refractivity contribution in [1.29, 1.82) is 0 Å². The first-order valence-corrected chi connectivity index (χ1v) is 21.4. The van der Waals surface area contributed by atoms with Gasteiger partial charge in [0.25, 0.3) is 5.91 Å². The maximum absolute atomic E-state index is 13.8. The maximum atomic E-state index is 13.8. The largest absolute Gasteiger partial charge is 0.462 e. The second-order valence-corrected chi connectivity index (χ2v) is 18.5. The fourth-order valence-electron chi connectivity index (χ4n) is 8.08. The highest BCUT2D eigenvalue weighted by molar-refractivity contribution is 5.96. The Morgan fingerprint density at radius 3 is 2.31 bits per heavy atom. The topological polar surface area (TPSA) is 202 Å². The summed E-state index contributed by atoms with van der Waals surface area (Å²) < 4.78 is 35.3. The predicted molar refractivity (Wildman–Crippen MR) is 222 cm³/mol. The lowest BCUT2D eigenvalue weighted by Gasteiger charge is -2.31. The highest BCUT2D eigenvalue weighted by atomic mass is 16.8. The van der Waals surface area contributed by atoms with Crippen molar-refractivity contribution in [3.05, 3.63) is 88.5 Å². The molecule has 2 saturated heterocycles. The van der Waals surface area contributed by atoms with Crippen molar-refractivity contribution in [2.75, 3.05) is 13.2 Å². The molecule has 332 valence electrons. The van der Waals surface area contributed by atoms with Gasteiger partial charge in [0.2, 0.25) is 12.0 Å². The molecular weight excluding hydrogens is 801 g/mol. The number of ether oxygens (including phenoxy) is 6. The van der Waals surface area contributed by atoms with Crippen LogP contribution in [0.3, 0.4) is 0 Å². The average Bonchev–Trinajstić information content (AvgIpc) is 4.18. The summed E-state index contributed by atoms with van der Waals surface area (Å²) in [6.45, 7) is 8.71.